The Morgan fingerprint density at radius 2 is 2.05 bits per heavy atom. The van der Waals surface area contributed by atoms with Crippen LogP contribution < -0.4 is 0 Å². The SMILES string of the molecule is N#CCC(=O)c1ccc(C(F)(F)F)cc1CS(=O)[O-]. The van der Waals surface area contributed by atoms with E-state index in [1.807, 2.05) is 0 Å². The second-order valence-electron chi connectivity index (χ2n) is 3.58. The first-order chi connectivity index (χ1) is 8.75. The number of alkyl halides is 3. The van der Waals surface area contributed by atoms with Crippen LogP contribution in [0.1, 0.15) is 27.9 Å². The molecule has 0 fully saturated rings. The highest BCUT2D eigenvalue weighted by Gasteiger charge is 2.31. The lowest BCUT2D eigenvalue weighted by Crippen LogP contribution is -2.10. The van der Waals surface area contributed by atoms with Crippen molar-refractivity contribution in [2.45, 2.75) is 18.3 Å². The maximum atomic E-state index is 12.5. The number of carbonyl (C=O) groups is 1. The smallest absolute Gasteiger partial charge is 0.416 e. The summed E-state index contributed by atoms with van der Waals surface area (Å²) in [4.78, 5) is 11.5. The van der Waals surface area contributed by atoms with Crippen molar-refractivity contribution in [2.24, 2.45) is 0 Å². The number of Topliss-reactive ketones (excluding diaryl/α,β-unsaturated/α-hetero) is 1. The van der Waals surface area contributed by atoms with Crippen molar-refractivity contribution < 1.29 is 26.7 Å². The molecule has 1 aromatic carbocycles. The average molecular weight is 290 g/mol. The summed E-state index contributed by atoms with van der Waals surface area (Å²) >= 11 is -2.63. The number of nitriles is 1. The van der Waals surface area contributed by atoms with Gasteiger partial charge in [-0.3, -0.25) is 9.00 Å². The molecular weight excluding hydrogens is 283 g/mol. The lowest BCUT2D eigenvalue weighted by atomic mass is 10.00. The van der Waals surface area contributed by atoms with Gasteiger partial charge in [0.05, 0.1) is 18.1 Å². The zero-order chi connectivity index (χ0) is 14.6. The number of halogens is 3. The molecule has 0 saturated heterocycles. The number of ketones is 1. The minimum Gasteiger partial charge on any atom is -0.772 e. The maximum Gasteiger partial charge on any atom is 0.416 e. The van der Waals surface area contributed by atoms with Gasteiger partial charge in [0.25, 0.3) is 0 Å². The Bertz CT molecular complexity index is 563. The lowest BCUT2D eigenvalue weighted by Gasteiger charge is -2.13. The van der Waals surface area contributed by atoms with E-state index in [4.69, 9.17) is 5.26 Å². The molecule has 19 heavy (non-hydrogen) atoms. The molecule has 0 aliphatic heterocycles. The molecule has 0 amide bonds. The van der Waals surface area contributed by atoms with Gasteiger partial charge in [-0.2, -0.15) is 18.4 Å². The Hall–Kier alpha value is -1.72. The van der Waals surface area contributed by atoms with Gasteiger partial charge in [0.15, 0.2) is 5.78 Å². The van der Waals surface area contributed by atoms with Crippen molar-refractivity contribution >= 4 is 16.9 Å². The molecule has 1 rings (SSSR count). The van der Waals surface area contributed by atoms with Gasteiger partial charge in [0, 0.05) is 11.3 Å². The molecule has 4 nitrogen and oxygen atoms in total. The summed E-state index contributed by atoms with van der Waals surface area (Å²) in [6.07, 6.45) is -5.15. The van der Waals surface area contributed by atoms with E-state index in [1.54, 1.807) is 6.07 Å². The van der Waals surface area contributed by atoms with Crippen LogP contribution in [0.15, 0.2) is 18.2 Å². The molecule has 1 unspecified atom stereocenters. The van der Waals surface area contributed by atoms with E-state index in [2.05, 4.69) is 0 Å². The molecule has 0 saturated carbocycles. The summed E-state index contributed by atoms with van der Waals surface area (Å²) in [5.41, 5.74) is -1.48. The summed E-state index contributed by atoms with van der Waals surface area (Å²) in [7, 11) is 0. The number of rotatable bonds is 4. The molecule has 0 N–H and O–H groups in total. The first kappa shape index (κ1) is 15.3. The van der Waals surface area contributed by atoms with Crippen LogP contribution in [0.5, 0.6) is 0 Å². The Kier molecular flexibility index (Phi) is 4.80. The number of carbonyl (C=O) groups excluding carboxylic acids is 1. The van der Waals surface area contributed by atoms with Crippen LogP contribution >= 0.6 is 0 Å². The normalized spacial score (nSPS) is 12.8. The molecule has 0 aliphatic carbocycles. The van der Waals surface area contributed by atoms with Crippen molar-refractivity contribution in [2.75, 3.05) is 0 Å². The maximum absolute atomic E-state index is 12.5. The predicted octanol–water partition coefficient (Wildman–Crippen LogP) is 2.18. The number of benzene rings is 1. The van der Waals surface area contributed by atoms with Gasteiger partial charge in [0.2, 0.25) is 0 Å². The number of nitrogens with zero attached hydrogens (tertiary/aromatic N) is 1. The zero-order valence-electron chi connectivity index (χ0n) is 9.36. The zero-order valence-corrected chi connectivity index (χ0v) is 10.2. The third-order valence-electron chi connectivity index (χ3n) is 2.25. The third kappa shape index (κ3) is 4.15. The fourth-order valence-corrected chi connectivity index (χ4v) is 1.95. The highest BCUT2D eigenvalue weighted by Crippen LogP contribution is 2.31. The van der Waals surface area contributed by atoms with E-state index >= 15 is 0 Å². The molecule has 1 atom stereocenters. The summed E-state index contributed by atoms with van der Waals surface area (Å²) in [5.74, 6) is -1.42. The molecule has 0 spiro atoms. The van der Waals surface area contributed by atoms with Crippen LogP contribution in [0.3, 0.4) is 0 Å². The summed E-state index contributed by atoms with van der Waals surface area (Å²) in [6.45, 7) is 0. The quantitative estimate of drug-likeness (QED) is 0.628. The van der Waals surface area contributed by atoms with Crippen molar-refractivity contribution in [1.82, 2.24) is 0 Å². The second kappa shape index (κ2) is 5.95. The van der Waals surface area contributed by atoms with Gasteiger partial charge >= 0.3 is 6.18 Å². The van der Waals surface area contributed by atoms with Crippen molar-refractivity contribution in [3.8, 4) is 6.07 Å². The van der Waals surface area contributed by atoms with E-state index in [0.29, 0.717) is 12.1 Å². The highest BCUT2D eigenvalue weighted by molar-refractivity contribution is 7.78. The molecule has 0 bridgehead atoms. The molecule has 0 aliphatic rings. The topological polar surface area (TPSA) is 81.0 Å². The molecular formula is C11H7F3NO3S-. The molecule has 102 valence electrons. The van der Waals surface area contributed by atoms with Crippen LogP contribution in [0.4, 0.5) is 13.2 Å². The molecule has 1 aromatic rings. The largest absolute Gasteiger partial charge is 0.772 e. The Balaban J connectivity index is 3.29. The van der Waals surface area contributed by atoms with Crippen molar-refractivity contribution in [3.63, 3.8) is 0 Å². The van der Waals surface area contributed by atoms with Crippen LogP contribution in [-0.2, 0) is 23.0 Å². The monoisotopic (exact) mass is 290 g/mol. The second-order valence-corrected chi connectivity index (χ2v) is 4.47. The van der Waals surface area contributed by atoms with Gasteiger partial charge < -0.3 is 4.55 Å². The standard InChI is InChI=1S/C11H8F3NO3S/c12-11(13,14)8-1-2-9(10(16)3-4-15)7(5-8)6-19(17)18/h1-2,5H,3,6H2,(H,17,18)/p-1. The van der Waals surface area contributed by atoms with Crippen LogP contribution in [0.25, 0.3) is 0 Å². The van der Waals surface area contributed by atoms with E-state index in [1.165, 1.54) is 0 Å². The van der Waals surface area contributed by atoms with Gasteiger partial charge in [-0.05, 0) is 17.7 Å². The first-order valence-electron chi connectivity index (χ1n) is 4.92. The predicted molar refractivity (Wildman–Crippen MR) is 58.6 cm³/mol. The van der Waals surface area contributed by atoms with E-state index < -0.39 is 40.8 Å². The van der Waals surface area contributed by atoms with Crippen LogP contribution in [0, 0.1) is 11.3 Å². The Labute approximate surface area is 109 Å². The number of hydrogen-bond acceptors (Lipinski definition) is 4. The Morgan fingerprint density at radius 1 is 1.42 bits per heavy atom. The minimum atomic E-state index is -4.63. The Morgan fingerprint density at radius 3 is 2.53 bits per heavy atom. The van der Waals surface area contributed by atoms with E-state index in [0.717, 1.165) is 6.07 Å². The summed E-state index contributed by atoms with van der Waals surface area (Å²) < 4.78 is 58.7. The number of hydrogen-bond donors (Lipinski definition) is 0. The molecule has 0 aromatic heterocycles. The lowest BCUT2D eigenvalue weighted by molar-refractivity contribution is -0.137. The van der Waals surface area contributed by atoms with Gasteiger partial charge in [-0.15, -0.1) is 0 Å². The van der Waals surface area contributed by atoms with Gasteiger partial charge in [-0.1, -0.05) is 17.1 Å². The van der Waals surface area contributed by atoms with Crippen molar-refractivity contribution in [1.29, 1.82) is 5.26 Å². The average Bonchev–Trinajstić information content (AvgIpc) is 2.27. The molecule has 0 heterocycles. The van der Waals surface area contributed by atoms with Crippen molar-refractivity contribution in [3.05, 3.63) is 34.9 Å². The van der Waals surface area contributed by atoms with Crippen LogP contribution in [-0.4, -0.2) is 14.5 Å². The van der Waals surface area contributed by atoms with E-state index in [-0.39, 0.29) is 11.1 Å². The molecule has 0 radical (unpaired) electrons. The van der Waals surface area contributed by atoms with E-state index in [9.17, 15) is 26.7 Å². The minimum absolute atomic E-state index is 0.182. The third-order valence-corrected chi connectivity index (χ3v) is 2.79. The highest BCUT2D eigenvalue weighted by atomic mass is 32.2. The molecule has 8 heteroatoms. The van der Waals surface area contributed by atoms with Crippen LogP contribution in [0.2, 0.25) is 0 Å². The fourth-order valence-electron chi connectivity index (χ4n) is 1.46. The first-order valence-corrected chi connectivity index (χ1v) is 6.16. The van der Waals surface area contributed by atoms with Gasteiger partial charge in [0.1, 0.15) is 0 Å². The summed E-state index contributed by atoms with van der Waals surface area (Å²) in [5, 5.41) is 8.38. The fraction of sp³-hybridized carbons (Fsp3) is 0.273. The van der Waals surface area contributed by atoms with Gasteiger partial charge in [-0.25, -0.2) is 0 Å². The summed E-state index contributed by atoms with van der Waals surface area (Å²) in [6, 6.07) is 3.75.